The maximum absolute atomic E-state index is 11.3. The van der Waals surface area contributed by atoms with Gasteiger partial charge in [-0.3, -0.25) is 0 Å². The van der Waals surface area contributed by atoms with Crippen LogP contribution in [0.1, 0.15) is 19.8 Å². The minimum absolute atomic E-state index is 0.0136. The highest BCUT2D eigenvalue weighted by molar-refractivity contribution is 5.82. The zero-order valence-corrected chi connectivity index (χ0v) is 9.68. The smallest absolute Gasteiger partial charge is 0.328 e. The molecule has 0 aromatic heterocycles. The average molecular weight is 246 g/mol. The summed E-state index contributed by atoms with van der Waals surface area (Å²) in [6.07, 6.45) is 1.65. The van der Waals surface area contributed by atoms with Crippen molar-refractivity contribution >= 4 is 12.0 Å². The molecule has 1 saturated carbocycles. The van der Waals surface area contributed by atoms with Crippen LogP contribution in [0.3, 0.4) is 0 Å². The molecule has 0 spiro atoms. The summed E-state index contributed by atoms with van der Waals surface area (Å²) < 4.78 is 5.32. The molecule has 7 nitrogen and oxygen atoms in total. The van der Waals surface area contributed by atoms with Gasteiger partial charge in [-0.15, -0.1) is 0 Å². The van der Waals surface area contributed by atoms with Crippen LogP contribution in [-0.2, 0) is 9.53 Å². The summed E-state index contributed by atoms with van der Waals surface area (Å²) in [5.74, 6) is -1.26. The summed E-state index contributed by atoms with van der Waals surface area (Å²) in [7, 11) is 0. The number of carboxylic acid groups (broad SMARTS) is 1. The predicted molar refractivity (Wildman–Crippen MR) is 58.6 cm³/mol. The van der Waals surface area contributed by atoms with E-state index in [-0.39, 0.29) is 12.1 Å². The Kier molecular flexibility index (Phi) is 5.17. The number of carbonyl (C=O) groups excluding carboxylic acids is 1. The van der Waals surface area contributed by atoms with Crippen molar-refractivity contribution in [2.45, 2.75) is 38.0 Å². The number of aliphatic hydroxyl groups excluding tert-OH is 1. The summed E-state index contributed by atoms with van der Waals surface area (Å²) in [6.45, 7) is 1.93. The minimum atomic E-state index is -1.27. The van der Waals surface area contributed by atoms with Gasteiger partial charge in [0.25, 0.3) is 0 Å². The third-order valence-electron chi connectivity index (χ3n) is 2.62. The number of ether oxygens (including phenoxy) is 1. The van der Waals surface area contributed by atoms with Crippen LogP contribution in [-0.4, -0.2) is 53.6 Å². The normalized spacial score (nSPS) is 24.6. The van der Waals surface area contributed by atoms with Gasteiger partial charge >= 0.3 is 12.0 Å². The van der Waals surface area contributed by atoms with E-state index in [2.05, 4.69) is 10.6 Å². The van der Waals surface area contributed by atoms with Gasteiger partial charge in [0.05, 0.1) is 12.7 Å². The second kappa shape index (κ2) is 6.41. The number of carbonyl (C=O) groups is 2. The molecule has 0 aromatic rings. The molecule has 1 unspecified atom stereocenters. The van der Waals surface area contributed by atoms with Crippen LogP contribution in [0.15, 0.2) is 0 Å². The first-order valence-electron chi connectivity index (χ1n) is 5.59. The Bertz CT molecular complexity index is 278. The minimum Gasteiger partial charge on any atom is -0.480 e. The molecule has 1 aliphatic rings. The topological polar surface area (TPSA) is 108 Å². The van der Waals surface area contributed by atoms with E-state index in [4.69, 9.17) is 14.9 Å². The molecule has 0 bridgehead atoms. The highest BCUT2D eigenvalue weighted by Gasteiger charge is 2.31. The van der Waals surface area contributed by atoms with Crippen LogP contribution in [0.2, 0.25) is 0 Å². The van der Waals surface area contributed by atoms with Gasteiger partial charge < -0.3 is 25.6 Å². The fraction of sp³-hybridized carbons (Fsp3) is 0.800. The fourth-order valence-corrected chi connectivity index (χ4v) is 1.63. The molecule has 0 saturated heterocycles. The van der Waals surface area contributed by atoms with Crippen molar-refractivity contribution in [1.82, 2.24) is 10.6 Å². The lowest BCUT2D eigenvalue weighted by molar-refractivity contribution is -0.140. The van der Waals surface area contributed by atoms with Crippen LogP contribution in [0, 0.1) is 0 Å². The Morgan fingerprint density at radius 2 is 2.12 bits per heavy atom. The first kappa shape index (κ1) is 13.7. The molecule has 0 radical (unpaired) electrons. The number of aliphatic hydroxyl groups is 1. The average Bonchev–Trinajstić information content (AvgIpc) is 2.22. The predicted octanol–water partition coefficient (Wildman–Crippen LogP) is -0.701. The molecule has 2 amide bonds. The highest BCUT2D eigenvalue weighted by Crippen LogP contribution is 2.22. The molecule has 98 valence electrons. The fourth-order valence-electron chi connectivity index (χ4n) is 1.63. The largest absolute Gasteiger partial charge is 0.480 e. The summed E-state index contributed by atoms with van der Waals surface area (Å²) in [5, 5.41) is 22.1. The quantitative estimate of drug-likeness (QED) is 0.495. The van der Waals surface area contributed by atoms with Gasteiger partial charge in [0.15, 0.2) is 6.04 Å². The zero-order chi connectivity index (χ0) is 12.8. The number of nitrogens with one attached hydrogen (secondary N) is 2. The van der Waals surface area contributed by atoms with Gasteiger partial charge in [0.2, 0.25) is 0 Å². The number of urea groups is 1. The Labute approximate surface area is 99.1 Å². The molecule has 1 atom stereocenters. The van der Waals surface area contributed by atoms with Crippen LogP contribution >= 0.6 is 0 Å². The molecule has 1 fully saturated rings. The van der Waals surface area contributed by atoms with Gasteiger partial charge in [0.1, 0.15) is 0 Å². The number of carboxylic acids is 1. The van der Waals surface area contributed by atoms with E-state index >= 15 is 0 Å². The lowest BCUT2D eigenvalue weighted by Gasteiger charge is -2.35. The van der Waals surface area contributed by atoms with E-state index < -0.39 is 24.6 Å². The number of rotatable bonds is 6. The maximum Gasteiger partial charge on any atom is 0.328 e. The highest BCUT2D eigenvalue weighted by atomic mass is 16.5. The van der Waals surface area contributed by atoms with Gasteiger partial charge in [-0.2, -0.15) is 0 Å². The van der Waals surface area contributed by atoms with Crippen molar-refractivity contribution in [1.29, 1.82) is 0 Å². The number of hydrogen-bond donors (Lipinski definition) is 4. The van der Waals surface area contributed by atoms with E-state index in [9.17, 15) is 9.59 Å². The third-order valence-corrected chi connectivity index (χ3v) is 2.62. The van der Waals surface area contributed by atoms with Crippen molar-refractivity contribution in [3.05, 3.63) is 0 Å². The maximum atomic E-state index is 11.3. The lowest BCUT2D eigenvalue weighted by Crippen LogP contribution is -2.54. The van der Waals surface area contributed by atoms with Crippen LogP contribution < -0.4 is 10.6 Å². The molecular formula is C10H18N2O5. The number of amides is 2. The summed E-state index contributed by atoms with van der Waals surface area (Å²) in [5.41, 5.74) is 0. The molecule has 0 aliphatic heterocycles. The van der Waals surface area contributed by atoms with Crippen LogP contribution in [0.25, 0.3) is 0 Å². The van der Waals surface area contributed by atoms with Gasteiger partial charge in [0, 0.05) is 12.6 Å². The van der Waals surface area contributed by atoms with Crippen LogP contribution in [0.4, 0.5) is 4.79 Å². The van der Waals surface area contributed by atoms with Gasteiger partial charge in [-0.25, -0.2) is 9.59 Å². The van der Waals surface area contributed by atoms with Gasteiger partial charge in [-0.1, -0.05) is 0 Å². The summed E-state index contributed by atoms with van der Waals surface area (Å²) >= 11 is 0. The molecule has 4 N–H and O–H groups in total. The second-order valence-corrected chi connectivity index (χ2v) is 3.94. The molecule has 7 heteroatoms. The van der Waals surface area contributed by atoms with Crippen molar-refractivity contribution in [3.8, 4) is 0 Å². The van der Waals surface area contributed by atoms with E-state index in [1.165, 1.54) is 0 Å². The first-order chi connectivity index (χ1) is 8.06. The Morgan fingerprint density at radius 1 is 1.47 bits per heavy atom. The molecule has 17 heavy (non-hydrogen) atoms. The van der Waals surface area contributed by atoms with E-state index in [0.717, 1.165) is 12.8 Å². The summed E-state index contributed by atoms with van der Waals surface area (Å²) in [6, 6.07) is -1.83. The first-order valence-corrected chi connectivity index (χ1v) is 5.59. The Morgan fingerprint density at radius 3 is 2.59 bits per heavy atom. The molecule has 0 aromatic carbocycles. The van der Waals surface area contributed by atoms with Crippen molar-refractivity contribution in [3.63, 3.8) is 0 Å². The molecule has 0 heterocycles. The molecule has 1 rings (SSSR count). The van der Waals surface area contributed by atoms with E-state index in [1.807, 2.05) is 6.92 Å². The Balaban J connectivity index is 2.20. The monoisotopic (exact) mass is 246 g/mol. The standard InChI is InChI=1S/C10H18N2O5/c1-2-17-7-3-6(4-7)11-10(16)12-8(5-13)9(14)15/h6-8,13H,2-5H2,1H3,(H,14,15)(H2,11,12,16). The summed E-state index contributed by atoms with van der Waals surface area (Å²) in [4.78, 5) is 21.9. The van der Waals surface area contributed by atoms with Crippen LogP contribution in [0.5, 0.6) is 0 Å². The SMILES string of the molecule is CCOC1CC(NC(=O)NC(CO)C(=O)O)C1. The van der Waals surface area contributed by atoms with E-state index in [0.29, 0.717) is 6.61 Å². The van der Waals surface area contributed by atoms with Crippen molar-refractivity contribution in [2.24, 2.45) is 0 Å². The van der Waals surface area contributed by atoms with Crippen molar-refractivity contribution < 1.29 is 24.5 Å². The molecule has 1 aliphatic carbocycles. The third kappa shape index (κ3) is 4.20. The van der Waals surface area contributed by atoms with Gasteiger partial charge in [-0.05, 0) is 19.8 Å². The zero-order valence-electron chi connectivity index (χ0n) is 9.68. The Hall–Kier alpha value is -1.34. The lowest BCUT2D eigenvalue weighted by atomic mass is 9.89. The number of aliphatic carboxylic acids is 1. The second-order valence-electron chi connectivity index (χ2n) is 3.94. The number of hydrogen-bond acceptors (Lipinski definition) is 4. The molecular weight excluding hydrogens is 228 g/mol. The van der Waals surface area contributed by atoms with Crippen molar-refractivity contribution in [2.75, 3.05) is 13.2 Å². The van der Waals surface area contributed by atoms with E-state index in [1.54, 1.807) is 0 Å².